The number of guanidine groups is 1. The molecule has 0 atom stereocenters. The highest BCUT2D eigenvalue weighted by molar-refractivity contribution is 5.79. The fourth-order valence-corrected chi connectivity index (χ4v) is 2.10. The van der Waals surface area contributed by atoms with Crippen LogP contribution in [0.3, 0.4) is 0 Å². The Hall–Kier alpha value is -2.50. The number of benzene rings is 1. The SMILES string of the molecule is CN=C(NCCCOc1ccc(C)cc1)NCc1nc(C)c(C)o1. The first-order valence-electron chi connectivity index (χ1n) is 8.15. The molecule has 0 fully saturated rings. The molecule has 0 aliphatic heterocycles. The topological polar surface area (TPSA) is 71.7 Å². The number of rotatable bonds is 7. The molecular formula is C18H26N4O2. The van der Waals surface area contributed by atoms with Crippen LogP contribution in [0, 0.1) is 20.8 Å². The molecule has 0 saturated carbocycles. The maximum Gasteiger partial charge on any atom is 0.214 e. The zero-order chi connectivity index (χ0) is 17.4. The van der Waals surface area contributed by atoms with Crippen molar-refractivity contribution in [1.82, 2.24) is 15.6 Å². The van der Waals surface area contributed by atoms with Gasteiger partial charge in [-0.1, -0.05) is 17.7 Å². The second kappa shape index (κ2) is 8.96. The molecule has 0 saturated heterocycles. The summed E-state index contributed by atoms with van der Waals surface area (Å²) in [6.07, 6.45) is 0.881. The molecular weight excluding hydrogens is 304 g/mol. The average Bonchev–Trinajstić information content (AvgIpc) is 2.90. The Kier molecular flexibility index (Phi) is 6.66. The number of nitrogens with one attached hydrogen (secondary N) is 2. The maximum atomic E-state index is 5.70. The molecule has 1 aromatic heterocycles. The van der Waals surface area contributed by atoms with Crippen LogP contribution in [-0.2, 0) is 6.54 Å². The first-order chi connectivity index (χ1) is 11.6. The highest BCUT2D eigenvalue weighted by Crippen LogP contribution is 2.11. The van der Waals surface area contributed by atoms with Crippen molar-refractivity contribution in [3.63, 3.8) is 0 Å². The Balaban J connectivity index is 1.63. The average molecular weight is 330 g/mol. The summed E-state index contributed by atoms with van der Waals surface area (Å²) in [6, 6.07) is 8.07. The van der Waals surface area contributed by atoms with Crippen LogP contribution in [0.15, 0.2) is 33.7 Å². The third-order valence-corrected chi connectivity index (χ3v) is 3.61. The minimum atomic E-state index is 0.508. The smallest absolute Gasteiger partial charge is 0.214 e. The molecule has 130 valence electrons. The molecule has 2 rings (SSSR count). The third-order valence-electron chi connectivity index (χ3n) is 3.61. The van der Waals surface area contributed by atoms with Crippen LogP contribution in [0.2, 0.25) is 0 Å². The monoisotopic (exact) mass is 330 g/mol. The van der Waals surface area contributed by atoms with Crippen molar-refractivity contribution in [2.75, 3.05) is 20.2 Å². The summed E-state index contributed by atoms with van der Waals surface area (Å²) in [6.45, 7) is 7.85. The predicted octanol–water partition coefficient (Wildman–Crippen LogP) is 2.73. The molecule has 2 N–H and O–H groups in total. The summed E-state index contributed by atoms with van der Waals surface area (Å²) in [4.78, 5) is 8.52. The van der Waals surface area contributed by atoms with Gasteiger partial charge in [0, 0.05) is 13.6 Å². The number of oxazole rings is 1. The van der Waals surface area contributed by atoms with Gasteiger partial charge in [-0.3, -0.25) is 4.99 Å². The number of hydrogen-bond donors (Lipinski definition) is 2. The zero-order valence-electron chi connectivity index (χ0n) is 14.8. The van der Waals surface area contributed by atoms with Gasteiger partial charge in [-0.05, 0) is 39.3 Å². The minimum Gasteiger partial charge on any atom is -0.494 e. The second-order valence-corrected chi connectivity index (χ2v) is 5.62. The molecule has 6 nitrogen and oxygen atoms in total. The van der Waals surface area contributed by atoms with Gasteiger partial charge in [0.15, 0.2) is 5.96 Å². The van der Waals surface area contributed by atoms with Crippen molar-refractivity contribution in [3.8, 4) is 5.75 Å². The molecule has 6 heteroatoms. The zero-order valence-corrected chi connectivity index (χ0v) is 14.8. The molecule has 0 radical (unpaired) electrons. The van der Waals surface area contributed by atoms with E-state index in [-0.39, 0.29) is 0 Å². The first kappa shape index (κ1) is 17.8. The van der Waals surface area contributed by atoms with E-state index in [4.69, 9.17) is 9.15 Å². The van der Waals surface area contributed by atoms with Crippen molar-refractivity contribution in [2.24, 2.45) is 4.99 Å². The molecule has 1 aromatic carbocycles. The van der Waals surface area contributed by atoms with Gasteiger partial charge in [0.05, 0.1) is 18.8 Å². The molecule has 1 heterocycles. The number of aliphatic imine (C=N–C) groups is 1. The largest absolute Gasteiger partial charge is 0.494 e. The van der Waals surface area contributed by atoms with E-state index in [9.17, 15) is 0 Å². The van der Waals surface area contributed by atoms with Gasteiger partial charge in [0.25, 0.3) is 0 Å². The number of hydrogen-bond acceptors (Lipinski definition) is 4. The van der Waals surface area contributed by atoms with E-state index in [1.165, 1.54) is 5.56 Å². The van der Waals surface area contributed by atoms with Crippen LogP contribution in [0.1, 0.15) is 29.3 Å². The Bertz CT molecular complexity index is 643. The van der Waals surface area contributed by atoms with Crippen molar-refractivity contribution >= 4 is 5.96 Å². The van der Waals surface area contributed by atoms with Gasteiger partial charge >= 0.3 is 0 Å². The fraction of sp³-hybridized carbons (Fsp3) is 0.444. The van der Waals surface area contributed by atoms with Crippen LogP contribution < -0.4 is 15.4 Å². The van der Waals surface area contributed by atoms with Gasteiger partial charge in [-0.25, -0.2) is 4.98 Å². The predicted molar refractivity (Wildman–Crippen MR) is 95.5 cm³/mol. The lowest BCUT2D eigenvalue weighted by atomic mass is 10.2. The number of nitrogens with zero attached hydrogens (tertiary/aromatic N) is 2. The maximum absolute atomic E-state index is 5.70. The van der Waals surface area contributed by atoms with Crippen molar-refractivity contribution in [2.45, 2.75) is 33.7 Å². The summed E-state index contributed by atoms with van der Waals surface area (Å²) >= 11 is 0. The van der Waals surface area contributed by atoms with E-state index < -0.39 is 0 Å². The molecule has 0 bridgehead atoms. The van der Waals surface area contributed by atoms with E-state index >= 15 is 0 Å². The van der Waals surface area contributed by atoms with Crippen molar-refractivity contribution < 1.29 is 9.15 Å². The summed E-state index contributed by atoms with van der Waals surface area (Å²) in [7, 11) is 1.74. The lowest BCUT2D eigenvalue weighted by molar-refractivity contribution is 0.311. The lowest BCUT2D eigenvalue weighted by Crippen LogP contribution is -2.37. The molecule has 0 aliphatic rings. The van der Waals surface area contributed by atoms with E-state index in [0.29, 0.717) is 19.0 Å². The fourth-order valence-electron chi connectivity index (χ4n) is 2.10. The molecule has 2 aromatic rings. The van der Waals surface area contributed by atoms with Crippen LogP contribution in [0.4, 0.5) is 0 Å². The van der Waals surface area contributed by atoms with Gasteiger partial charge in [0.1, 0.15) is 11.5 Å². The van der Waals surface area contributed by atoms with Gasteiger partial charge in [-0.15, -0.1) is 0 Å². The van der Waals surface area contributed by atoms with Crippen LogP contribution >= 0.6 is 0 Å². The summed E-state index contributed by atoms with van der Waals surface area (Å²) in [5, 5.41) is 6.43. The Morgan fingerprint density at radius 2 is 1.92 bits per heavy atom. The van der Waals surface area contributed by atoms with E-state index in [1.54, 1.807) is 7.05 Å². The standard InChI is InChI=1S/C18H26N4O2/c1-13-6-8-16(9-7-13)23-11-5-10-20-18(19-4)21-12-17-22-14(2)15(3)24-17/h6-9H,5,10-12H2,1-4H3,(H2,19,20,21). The van der Waals surface area contributed by atoms with Gasteiger partial charge in [0.2, 0.25) is 5.89 Å². The second-order valence-electron chi connectivity index (χ2n) is 5.62. The first-order valence-corrected chi connectivity index (χ1v) is 8.15. The summed E-state index contributed by atoms with van der Waals surface area (Å²) < 4.78 is 11.2. The summed E-state index contributed by atoms with van der Waals surface area (Å²) in [5.74, 6) is 3.13. The van der Waals surface area contributed by atoms with Crippen LogP contribution in [0.25, 0.3) is 0 Å². The van der Waals surface area contributed by atoms with Gasteiger partial charge < -0.3 is 19.8 Å². The Morgan fingerprint density at radius 3 is 2.54 bits per heavy atom. The molecule has 0 unspecified atom stereocenters. The van der Waals surface area contributed by atoms with E-state index in [0.717, 1.165) is 36.1 Å². The van der Waals surface area contributed by atoms with Crippen molar-refractivity contribution in [1.29, 1.82) is 0 Å². The number of aromatic nitrogens is 1. The molecule has 24 heavy (non-hydrogen) atoms. The lowest BCUT2D eigenvalue weighted by Gasteiger charge is -2.11. The third kappa shape index (κ3) is 5.61. The Labute approximate surface area is 143 Å². The van der Waals surface area contributed by atoms with E-state index in [1.807, 2.05) is 38.1 Å². The number of aryl methyl sites for hydroxylation is 3. The highest BCUT2D eigenvalue weighted by atomic mass is 16.5. The summed E-state index contributed by atoms with van der Waals surface area (Å²) in [5.41, 5.74) is 2.15. The van der Waals surface area contributed by atoms with Gasteiger partial charge in [-0.2, -0.15) is 0 Å². The van der Waals surface area contributed by atoms with Crippen LogP contribution in [0.5, 0.6) is 5.75 Å². The Morgan fingerprint density at radius 1 is 1.17 bits per heavy atom. The highest BCUT2D eigenvalue weighted by Gasteiger charge is 2.06. The van der Waals surface area contributed by atoms with Crippen molar-refractivity contribution in [3.05, 3.63) is 47.2 Å². The quantitative estimate of drug-likeness (QED) is 0.464. The minimum absolute atomic E-state index is 0.508. The molecule has 0 spiro atoms. The molecule has 0 aliphatic carbocycles. The number of ether oxygens (including phenoxy) is 1. The normalized spacial score (nSPS) is 11.4. The van der Waals surface area contributed by atoms with E-state index in [2.05, 4.69) is 27.5 Å². The molecule has 0 amide bonds. The van der Waals surface area contributed by atoms with Crippen LogP contribution in [-0.4, -0.2) is 31.1 Å².